The van der Waals surface area contributed by atoms with Gasteiger partial charge in [-0.3, -0.25) is 9.69 Å². The summed E-state index contributed by atoms with van der Waals surface area (Å²) < 4.78 is 0. The summed E-state index contributed by atoms with van der Waals surface area (Å²) >= 11 is 0. The lowest BCUT2D eigenvalue weighted by atomic mass is 9.81. The summed E-state index contributed by atoms with van der Waals surface area (Å²) in [4.78, 5) is 26.1. The molecule has 2 amide bonds. The van der Waals surface area contributed by atoms with Crippen LogP contribution in [0.2, 0.25) is 0 Å². The van der Waals surface area contributed by atoms with Crippen LogP contribution in [0.3, 0.4) is 0 Å². The Labute approximate surface area is 186 Å². The third-order valence-corrected chi connectivity index (χ3v) is 6.40. The fourth-order valence-electron chi connectivity index (χ4n) is 5.13. The number of piperidine rings is 2. The molecule has 31 heavy (non-hydrogen) atoms. The van der Waals surface area contributed by atoms with E-state index in [9.17, 15) is 9.59 Å². The van der Waals surface area contributed by atoms with E-state index < -0.39 is 6.09 Å². The number of hydrogen-bond acceptors (Lipinski definition) is 3. The Morgan fingerprint density at radius 3 is 2.45 bits per heavy atom. The third-order valence-electron chi connectivity index (χ3n) is 6.40. The summed E-state index contributed by atoms with van der Waals surface area (Å²) in [5.74, 6) is 0.394. The van der Waals surface area contributed by atoms with Gasteiger partial charge in [0.25, 0.3) is 0 Å². The van der Waals surface area contributed by atoms with Crippen LogP contribution >= 0.6 is 0 Å². The molecule has 2 saturated heterocycles. The van der Waals surface area contributed by atoms with Crippen molar-refractivity contribution in [2.75, 3.05) is 0 Å². The molecule has 0 aliphatic carbocycles. The largest absolute Gasteiger partial charge is 0.465 e. The fourth-order valence-corrected chi connectivity index (χ4v) is 5.13. The van der Waals surface area contributed by atoms with Crippen LogP contribution in [0.15, 0.2) is 42.5 Å². The molecule has 2 unspecified atom stereocenters. The number of carboxylic acid groups (broad SMARTS) is 1. The highest BCUT2D eigenvalue weighted by Crippen LogP contribution is 2.35. The van der Waals surface area contributed by atoms with Crippen molar-refractivity contribution in [2.45, 2.75) is 89.5 Å². The summed E-state index contributed by atoms with van der Waals surface area (Å²) in [6, 6.07) is 11.7. The van der Waals surface area contributed by atoms with Crippen molar-refractivity contribution in [2.24, 2.45) is 5.92 Å². The van der Waals surface area contributed by atoms with Crippen LogP contribution in [-0.4, -0.2) is 46.2 Å². The summed E-state index contributed by atoms with van der Waals surface area (Å²) in [6.07, 6.45) is 9.27. The molecule has 2 heterocycles. The second-order valence-corrected chi connectivity index (χ2v) is 9.45. The van der Waals surface area contributed by atoms with E-state index in [-0.39, 0.29) is 24.4 Å². The number of carbonyl (C=O) groups is 2. The zero-order valence-corrected chi connectivity index (χ0v) is 18.8. The van der Waals surface area contributed by atoms with E-state index >= 15 is 0 Å². The second-order valence-electron chi connectivity index (χ2n) is 9.45. The molecule has 2 aliphatic heterocycles. The minimum Gasteiger partial charge on any atom is -0.465 e. The SMILES string of the molecule is CC(C)C[C@@H](C=CCC(=O)NC1CC2CCCC(C1)N2Cc1ccccc1)NC(=O)O. The molecule has 0 saturated carbocycles. The van der Waals surface area contributed by atoms with Crippen molar-refractivity contribution in [1.29, 1.82) is 0 Å². The molecule has 2 bridgehead atoms. The lowest BCUT2D eigenvalue weighted by Crippen LogP contribution is -2.56. The van der Waals surface area contributed by atoms with Gasteiger partial charge in [0.15, 0.2) is 0 Å². The van der Waals surface area contributed by atoms with Crippen LogP contribution in [0.5, 0.6) is 0 Å². The van der Waals surface area contributed by atoms with Crippen LogP contribution < -0.4 is 10.6 Å². The predicted molar refractivity (Wildman–Crippen MR) is 123 cm³/mol. The van der Waals surface area contributed by atoms with Crippen molar-refractivity contribution in [3.63, 3.8) is 0 Å². The van der Waals surface area contributed by atoms with Gasteiger partial charge in [0.2, 0.25) is 5.91 Å². The van der Waals surface area contributed by atoms with Gasteiger partial charge in [-0.15, -0.1) is 0 Å². The molecule has 0 radical (unpaired) electrons. The van der Waals surface area contributed by atoms with E-state index in [0.717, 1.165) is 19.4 Å². The van der Waals surface area contributed by atoms with Gasteiger partial charge in [-0.05, 0) is 43.6 Å². The maximum atomic E-state index is 12.5. The lowest BCUT2D eigenvalue weighted by Gasteiger charge is -2.49. The molecule has 170 valence electrons. The Hall–Kier alpha value is -2.34. The van der Waals surface area contributed by atoms with E-state index in [1.165, 1.54) is 24.8 Å². The Kier molecular flexibility index (Phi) is 8.52. The van der Waals surface area contributed by atoms with Crippen LogP contribution in [0.25, 0.3) is 0 Å². The summed E-state index contributed by atoms with van der Waals surface area (Å²) in [5, 5.41) is 14.7. The summed E-state index contributed by atoms with van der Waals surface area (Å²) in [7, 11) is 0. The monoisotopic (exact) mass is 427 g/mol. The quantitative estimate of drug-likeness (QED) is 0.513. The summed E-state index contributed by atoms with van der Waals surface area (Å²) in [5.41, 5.74) is 1.36. The molecule has 6 nitrogen and oxygen atoms in total. The zero-order valence-electron chi connectivity index (χ0n) is 18.8. The van der Waals surface area contributed by atoms with Crippen LogP contribution in [0.1, 0.15) is 64.4 Å². The van der Waals surface area contributed by atoms with E-state index in [2.05, 4.69) is 59.7 Å². The van der Waals surface area contributed by atoms with Gasteiger partial charge in [-0.2, -0.15) is 0 Å². The molecule has 1 aromatic rings. The molecule has 6 heteroatoms. The molecule has 0 spiro atoms. The van der Waals surface area contributed by atoms with Crippen LogP contribution in [0, 0.1) is 5.92 Å². The maximum Gasteiger partial charge on any atom is 0.405 e. The Morgan fingerprint density at radius 2 is 1.84 bits per heavy atom. The van der Waals surface area contributed by atoms with Gasteiger partial charge in [-0.1, -0.05) is 62.8 Å². The number of rotatable bonds is 9. The predicted octanol–water partition coefficient (Wildman–Crippen LogP) is 4.32. The van der Waals surface area contributed by atoms with Gasteiger partial charge >= 0.3 is 6.09 Å². The van der Waals surface area contributed by atoms with Crippen molar-refractivity contribution in [3.05, 3.63) is 48.0 Å². The van der Waals surface area contributed by atoms with Crippen molar-refractivity contribution >= 4 is 12.0 Å². The summed E-state index contributed by atoms with van der Waals surface area (Å²) in [6.45, 7) is 5.10. The average molecular weight is 428 g/mol. The van der Waals surface area contributed by atoms with E-state index in [1.807, 2.05) is 6.08 Å². The first kappa shape index (κ1) is 23.3. The third kappa shape index (κ3) is 7.39. The van der Waals surface area contributed by atoms with Gasteiger partial charge < -0.3 is 15.7 Å². The highest BCUT2D eigenvalue weighted by Gasteiger charge is 2.38. The van der Waals surface area contributed by atoms with Crippen molar-refractivity contribution in [3.8, 4) is 0 Å². The topological polar surface area (TPSA) is 81.7 Å². The fraction of sp³-hybridized carbons (Fsp3) is 0.600. The van der Waals surface area contributed by atoms with Crippen molar-refractivity contribution < 1.29 is 14.7 Å². The first-order valence-electron chi connectivity index (χ1n) is 11.7. The van der Waals surface area contributed by atoms with Gasteiger partial charge in [0.1, 0.15) is 0 Å². The number of benzene rings is 1. The number of hydrogen-bond donors (Lipinski definition) is 3. The number of nitrogens with zero attached hydrogens (tertiary/aromatic N) is 1. The van der Waals surface area contributed by atoms with Gasteiger partial charge in [-0.25, -0.2) is 4.79 Å². The lowest BCUT2D eigenvalue weighted by molar-refractivity contribution is -0.121. The molecule has 2 fully saturated rings. The number of amides is 2. The van der Waals surface area contributed by atoms with Crippen molar-refractivity contribution in [1.82, 2.24) is 15.5 Å². The minimum atomic E-state index is -1.03. The normalized spacial score (nSPS) is 24.8. The van der Waals surface area contributed by atoms with Crippen LogP contribution in [-0.2, 0) is 11.3 Å². The number of nitrogens with one attached hydrogen (secondary N) is 2. The highest BCUT2D eigenvalue weighted by molar-refractivity contribution is 5.77. The van der Waals surface area contributed by atoms with Gasteiger partial charge in [0, 0.05) is 31.1 Å². The molecule has 3 N–H and O–H groups in total. The Bertz CT molecular complexity index is 736. The second kappa shape index (κ2) is 11.3. The Balaban J connectivity index is 1.49. The zero-order chi connectivity index (χ0) is 22.2. The van der Waals surface area contributed by atoms with E-state index in [4.69, 9.17) is 5.11 Å². The molecular weight excluding hydrogens is 390 g/mol. The molecule has 2 aliphatic rings. The first-order chi connectivity index (χ1) is 14.9. The molecule has 0 aromatic heterocycles. The smallest absolute Gasteiger partial charge is 0.405 e. The maximum absolute atomic E-state index is 12.5. The molecule has 3 rings (SSSR count). The minimum absolute atomic E-state index is 0.0226. The molecule has 1 aromatic carbocycles. The standard InChI is InChI=1S/C25H37N3O3/c1-18(2)14-20(27-25(30)31)10-6-13-24(29)26-21-15-22-11-7-12-23(16-21)28(22)17-19-8-4-3-5-9-19/h3-6,8-10,18,20-23,27H,7,11-17H2,1-2H3,(H,26,29)(H,30,31)/t20-,21?,22?,23?/m1/s1. The van der Waals surface area contributed by atoms with Gasteiger partial charge in [0.05, 0.1) is 6.04 Å². The molecular formula is C25H37N3O3. The first-order valence-corrected chi connectivity index (χ1v) is 11.7. The van der Waals surface area contributed by atoms with Crippen LogP contribution in [0.4, 0.5) is 4.79 Å². The molecule has 3 atom stereocenters. The Morgan fingerprint density at radius 1 is 1.16 bits per heavy atom. The van der Waals surface area contributed by atoms with E-state index in [0.29, 0.717) is 24.4 Å². The number of carbonyl (C=O) groups excluding carboxylic acids is 1. The average Bonchev–Trinajstić information content (AvgIpc) is 2.68. The number of fused-ring (bicyclic) bond motifs is 2. The highest BCUT2D eigenvalue weighted by atomic mass is 16.4. The van der Waals surface area contributed by atoms with E-state index in [1.54, 1.807) is 6.08 Å².